The van der Waals surface area contributed by atoms with Gasteiger partial charge < -0.3 is 0 Å². The van der Waals surface area contributed by atoms with Crippen molar-refractivity contribution in [2.45, 2.75) is 6.92 Å². The zero-order valence-corrected chi connectivity index (χ0v) is 11.6. The second-order valence-corrected chi connectivity index (χ2v) is 4.48. The number of nitro benzene ring substituents is 1. The number of carbonyl (C=O) groups excluding carboxylic acids is 1. The van der Waals surface area contributed by atoms with Crippen molar-refractivity contribution in [2.24, 2.45) is 5.10 Å². The van der Waals surface area contributed by atoms with Crippen molar-refractivity contribution in [3.05, 3.63) is 75.1 Å². The second-order valence-electron chi connectivity index (χ2n) is 4.48. The van der Waals surface area contributed by atoms with Gasteiger partial charge in [0.2, 0.25) is 0 Å². The number of nitrogens with zero attached hydrogens (tertiary/aromatic N) is 2. The summed E-state index contributed by atoms with van der Waals surface area (Å²) in [4.78, 5) is 22.1. The van der Waals surface area contributed by atoms with E-state index in [1.165, 1.54) is 36.4 Å². The van der Waals surface area contributed by atoms with Crippen LogP contribution in [0.25, 0.3) is 0 Å². The first-order chi connectivity index (χ1) is 10.5. The monoisotopic (exact) mass is 301 g/mol. The first-order valence-electron chi connectivity index (χ1n) is 6.32. The predicted molar refractivity (Wildman–Crippen MR) is 79.3 cm³/mol. The van der Waals surface area contributed by atoms with Crippen molar-refractivity contribution in [1.82, 2.24) is 5.43 Å². The lowest BCUT2D eigenvalue weighted by atomic mass is 10.1. The number of carbonyl (C=O) groups is 1. The maximum absolute atomic E-state index is 13.3. The third-order valence-corrected chi connectivity index (χ3v) is 2.94. The fourth-order valence-electron chi connectivity index (χ4n) is 1.75. The van der Waals surface area contributed by atoms with Crippen molar-refractivity contribution >= 4 is 17.8 Å². The minimum Gasteiger partial charge on any atom is -0.267 e. The van der Waals surface area contributed by atoms with Gasteiger partial charge in [-0.2, -0.15) is 5.10 Å². The Labute approximate surface area is 125 Å². The maximum Gasteiger partial charge on any atom is 0.273 e. The van der Waals surface area contributed by atoms with E-state index in [4.69, 9.17) is 0 Å². The molecule has 0 heterocycles. The lowest BCUT2D eigenvalue weighted by Gasteiger charge is -2.02. The lowest BCUT2D eigenvalue weighted by Crippen LogP contribution is -2.18. The van der Waals surface area contributed by atoms with E-state index in [0.29, 0.717) is 5.56 Å². The summed E-state index contributed by atoms with van der Waals surface area (Å²) in [6.45, 7) is 1.58. The third kappa shape index (κ3) is 3.51. The van der Waals surface area contributed by atoms with Gasteiger partial charge in [-0.25, -0.2) is 9.82 Å². The molecule has 0 aliphatic rings. The van der Waals surface area contributed by atoms with Gasteiger partial charge in [-0.15, -0.1) is 0 Å². The number of hydrazone groups is 1. The summed E-state index contributed by atoms with van der Waals surface area (Å²) in [5.41, 5.74) is 2.83. The summed E-state index contributed by atoms with van der Waals surface area (Å²) in [6.07, 6.45) is 1.16. The van der Waals surface area contributed by atoms with Crippen LogP contribution in [-0.2, 0) is 0 Å². The van der Waals surface area contributed by atoms with E-state index in [9.17, 15) is 19.3 Å². The number of aryl methyl sites for hydroxylation is 1. The highest BCUT2D eigenvalue weighted by Crippen LogP contribution is 2.19. The van der Waals surface area contributed by atoms with Crippen LogP contribution in [0.2, 0.25) is 0 Å². The average Bonchev–Trinajstić information content (AvgIpc) is 2.49. The highest BCUT2D eigenvalue weighted by Gasteiger charge is 2.14. The molecule has 1 amide bonds. The molecule has 22 heavy (non-hydrogen) atoms. The van der Waals surface area contributed by atoms with E-state index in [1.807, 2.05) is 0 Å². The average molecular weight is 301 g/mol. The molecule has 2 aromatic carbocycles. The summed E-state index contributed by atoms with van der Waals surface area (Å²) in [7, 11) is 0. The minimum absolute atomic E-state index is 0.1000. The van der Waals surface area contributed by atoms with Gasteiger partial charge in [0.25, 0.3) is 11.6 Å². The first-order valence-corrected chi connectivity index (χ1v) is 6.32. The molecular formula is C15H12FN3O3. The number of hydrogen-bond donors (Lipinski definition) is 1. The summed E-state index contributed by atoms with van der Waals surface area (Å²) >= 11 is 0. The van der Waals surface area contributed by atoms with Crippen molar-refractivity contribution in [2.75, 3.05) is 0 Å². The molecule has 6 nitrogen and oxygen atoms in total. The van der Waals surface area contributed by atoms with Crippen LogP contribution < -0.4 is 5.43 Å². The lowest BCUT2D eigenvalue weighted by molar-refractivity contribution is -0.385. The number of benzene rings is 2. The van der Waals surface area contributed by atoms with Crippen LogP contribution in [0.1, 0.15) is 21.5 Å². The molecule has 0 fully saturated rings. The topological polar surface area (TPSA) is 84.6 Å². The number of hydrogen-bond acceptors (Lipinski definition) is 4. The van der Waals surface area contributed by atoms with Crippen molar-refractivity contribution in [3.8, 4) is 0 Å². The Morgan fingerprint density at radius 3 is 2.73 bits per heavy atom. The van der Waals surface area contributed by atoms with Gasteiger partial charge in [0, 0.05) is 22.8 Å². The normalized spacial score (nSPS) is 10.6. The minimum atomic E-state index is -0.615. The van der Waals surface area contributed by atoms with Gasteiger partial charge in [0.05, 0.1) is 11.1 Å². The number of amides is 1. The van der Waals surface area contributed by atoms with E-state index < -0.39 is 16.6 Å². The summed E-state index contributed by atoms with van der Waals surface area (Å²) in [5.74, 6) is -1.08. The van der Waals surface area contributed by atoms with Crippen LogP contribution in [0.15, 0.2) is 47.6 Å². The van der Waals surface area contributed by atoms with Crippen LogP contribution in [0, 0.1) is 22.9 Å². The van der Waals surface area contributed by atoms with Crippen LogP contribution in [-0.4, -0.2) is 17.0 Å². The van der Waals surface area contributed by atoms with E-state index in [2.05, 4.69) is 10.5 Å². The SMILES string of the molecule is Cc1ccc(C(=O)NN=Cc2ccccc2F)cc1[N+](=O)[O-]. The molecule has 0 spiro atoms. The number of nitrogens with one attached hydrogen (secondary N) is 1. The Morgan fingerprint density at radius 1 is 1.32 bits per heavy atom. The molecule has 0 radical (unpaired) electrons. The predicted octanol–water partition coefficient (Wildman–Crippen LogP) is 2.81. The van der Waals surface area contributed by atoms with Gasteiger partial charge in [-0.1, -0.05) is 24.3 Å². The molecule has 1 N–H and O–H groups in total. The van der Waals surface area contributed by atoms with E-state index in [-0.39, 0.29) is 16.8 Å². The smallest absolute Gasteiger partial charge is 0.267 e. The van der Waals surface area contributed by atoms with Gasteiger partial charge in [0.15, 0.2) is 0 Å². The Hall–Kier alpha value is -3.09. The molecule has 0 aliphatic heterocycles. The molecule has 0 saturated heterocycles. The van der Waals surface area contributed by atoms with Crippen LogP contribution >= 0.6 is 0 Å². The molecule has 0 bridgehead atoms. The fourth-order valence-corrected chi connectivity index (χ4v) is 1.75. The van der Waals surface area contributed by atoms with Crippen molar-refractivity contribution in [1.29, 1.82) is 0 Å². The van der Waals surface area contributed by atoms with Crippen LogP contribution in [0.4, 0.5) is 10.1 Å². The molecule has 0 atom stereocenters. The molecule has 0 aromatic heterocycles. The zero-order valence-electron chi connectivity index (χ0n) is 11.6. The van der Waals surface area contributed by atoms with Gasteiger partial charge >= 0.3 is 0 Å². The number of rotatable bonds is 4. The van der Waals surface area contributed by atoms with Gasteiger partial charge in [-0.3, -0.25) is 14.9 Å². The molecule has 0 saturated carbocycles. The second kappa shape index (κ2) is 6.57. The molecule has 0 aliphatic carbocycles. The Balaban J connectivity index is 2.12. The highest BCUT2D eigenvalue weighted by atomic mass is 19.1. The van der Waals surface area contributed by atoms with Crippen LogP contribution in [0.5, 0.6) is 0 Å². The third-order valence-electron chi connectivity index (χ3n) is 2.94. The van der Waals surface area contributed by atoms with Crippen LogP contribution in [0.3, 0.4) is 0 Å². The first kappa shape index (κ1) is 15.3. The molecule has 2 aromatic rings. The molecule has 0 unspecified atom stereocenters. The molecule has 7 heteroatoms. The summed E-state index contributed by atoms with van der Waals surface area (Å²) in [6, 6.07) is 10.0. The van der Waals surface area contributed by atoms with E-state index in [0.717, 1.165) is 6.21 Å². The number of nitro groups is 1. The standard InChI is InChI=1S/C15H12FN3O3/c1-10-6-7-11(8-14(10)19(21)22)15(20)18-17-9-12-4-2-3-5-13(12)16/h2-9H,1H3,(H,18,20). The Kier molecular flexibility index (Phi) is 4.57. The van der Waals surface area contributed by atoms with E-state index in [1.54, 1.807) is 13.0 Å². The molecule has 112 valence electrons. The van der Waals surface area contributed by atoms with Gasteiger partial charge in [-0.05, 0) is 19.1 Å². The van der Waals surface area contributed by atoms with E-state index >= 15 is 0 Å². The number of halogens is 1. The zero-order chi connectivity index (χ0) is 16.1. The highest BCUT2D eigenvalue weighted by molar-refractivity contribution is 5.95. The quantitative estimate of drug-likeness (QED) is 0.535. The summed E-state index contributed by atoms with van der Waals surface area (Å²) < 4.78 is 13.3. The fraction of sp³-hybridized carbons (Fsp3) is 0.0667. The largest absolute Gasteiger partial charge is 0.273 e. The van der Waals surface area contributed by atoms with Crippen molar-refractivity contribution < 1.29 is 14.1 Å². The Bertz CT molecular complexity index is 759. The summed E-state index contributed by atoms with van der Waals surface area (Å²) in [5, 5.41) is 14.5. The molecule has 2 rings (SSSR count). The van der Waals surface area contributed by atoms with Crippen molar-refractivity contribution in [3.63, 3.8) is 0 Å². The molecular weight excluding hydrogens is 289 g/mol. The van der Waals surface area contributed by atoms with Gasteiger partial charge in [0.1, 0.15) is 5.82 Å². The maximum atomic E-state index is 13.3. The Morgan fingerprint density at radius 2 is 2.05 bits per heavy atom.